The third-order valence-corrected chi connectivity index (χ3v) is 18.7. The molecule has 1 heterocycles. The van der Waals surface area contributed by atoms with Crippen LogP contribution in [0.3, 0.4) is 0 Å². The third-order valence-electron chi connectivity index (χ3n) is 8.54. The molecule has 37 heavy (non-hydrogen) atoms. The van der Waals surface area contributed by atoms with E-state index in [1.165, 1.54) is 39.0 Å². The number of rotatable bonds is 7. The monoisotopic (exact) mass is 530 g/mol. The molecule has 1 unspecified atom stereocenters. The third kappa shape index (κ3) is 4.81. The summed E-state index contributed by atoms with van der Waals surface area (Å²) in [5.74, 6) is 1.18. The number of benzene rings is 2. The number of nitrogens with one attached hydrogen (secondary N) is 2. The van der Waals surface area contributed by atoms with E-state index in [-0.39, 0.29) is 23.1 Å². The van der Waals surface area contributed by atoms with Crippen LogP contribution in [0, 0.1) is 5.92 Å². The normalized spacial score (nSPS) is 18.6. The summed E-state index contributed by atoms with van der Waals surface area (Å²) in [6, 6.07) is 13.4. The molecular formula is C30H43BN2O2Si2. The zero-order chi connectivity index (χ0) is 27.4. The number of carbonyl (C=O) groups is 2. The number of amides is 2. The van der Waals surface area contributed by atoms with Gasteiger partial charge in [-0.1, -0.05) is 110 Å². The van der Waals surface area contributed by atoms with Crippen LogP contribution in [0.5, 0.6) is 0 Å². The maximum atomic E-state index is 14.0. The van der Waals surface area contributed by atoms with Crippen molar-refractivity contribution in [1.29, 1.82) is 0 Å². The molecule has 0 radical (unpaired) electrons. The summed E-state index contributed by atoms with van der Waals surface area (Å²) in [7, 11) is -4.55. The van der Waals surface area contributed by atoms with Crippen LogP contribution in [-0.2, 0) is 0 Å². The summed E-state index contributed by atoms with van der Waals surface area (Å²) >= 11 is 0. The van der Waals surface area contributed by atoms with Gasteiger partial charge >= 0.3 is 0 Å². The molecular weight excluding hydrogens is 487 g/mol. The fourth-order valence-corrected chi connectivity index (χ4v) is 16.4. The molecule has 2 aromatic rings. The van der Waals surface area contributed by atoms with Gasteiger partial charge in [-0.3, -0.25) is 9.59 Å². The standard InChI is InChI=1S/C30H43BN2O2Si2/c1-18(2)22-14-23(19(3)4)16-24(15-22)25-13-11-12-21-17-26(20(5)6)28(27(21)25)32-29(34)36(7,8)31-33-30(35)37(31,9)10/h11-20,28H,1-10H3,(H,32,34)(H,33,35). The van der Waals surface area contributed by atoms with E-state index in [1.807, 2.05) is 0 Å². The highest BCUT2D eigenvalue weighted by Crippen LogP contribution is 2.44. The van der Waals surface area contributed by atoms with Crippen LogP contribution in [0.1, 0.15) is 81.7 Å². The summed E-state index contributed by atoms with van der Waals surface area (Å²) in [6.07, 6.45) is 2.28. The molecule has 1 aliphatic carbocycles. The van der Waals surface area contributed by atoms with Crippen molar-refractivity contribution >= 4 is 39.1 Å². The smallest absolute Gasteiger partial charge is 0.254 e. The highest BCUT2D eigenvalue weighted by Gasteiger charge is 2.63. The van der Waals surface area contributed by atoms with Crippen LogP contribution in [0.4, 0.5) is 9.59 Å². The Morgan fingerprint density at radius 1 is 0.973 bits per heavy atom. The van der Waals surface area contributed by atoms with Gasteiger partial charge in [0, 0.05) is 0 Å². The zero-order valence-electron chi connectivity index (χ0n) is 24.2. The van der Waals surface area contributed by atoms with Gasteiger partial charge < -0.3 is 10.5 Å². The van der Waals surface area contributed by atoms with E-state index < -0.39 is 15.9 Å². The fourth-order valence-electron chi connectivity index (χ4n) is 5.95. The Labute approximate surface area is 225 Å². The molecule has 2 N–H and O–H groups in total. The summed E-state index contributed by atoms with van der Waals surface area (Å²) in [5.41, 5.74) is 9.06. The first-order valence-corrected chi connectivity index (χ1v) is 19.9. The first-order chi connectivity index (χ1) is 17.2. The largest absolute Gasteiger partial charge is 0.408 e. The van der Waals surface area contributed by atoms with Crippen molar-refractivity contribution in [3.63, 3.8) is 0 Å². The van der Waals surface area contributed by atoms with E-state index >= 15 is 0 Å². The topological polar surface area (TPSA) is 58.2 Å². The first-order valence-electron chi connectivity index (χ1n) is 13.8. The number of hydrogen-bond acceptors (Lipinski definition) is 2. The highest BCUT2D eigenvalue weighted by molar-refractivity contribution is 7.75. The van der Waals surface area contributed by atoms with E-state index in [9.17, 15) is 9.59 Å². The summed E-state index contributed by atoms with van der Waals surface area (Å²) in [6.45, 7) is 21.8. The van der Waals surface area contributed by atoms with Crippen molar-refractivity contribution in [2.45, 2.75) is 85.6 Å². The van der Waals surface area contributed by atoms with Crippen LogP contribution in [0.15, 0.2) is 42.0 Å². The lowest BCUT2D eigenvalue weighted by molar-refractivity contribution is 0.256. The van der Waals surface area contributed by atoms with Gasteiger partial charge in [0.15, 0.2) is 11.1 Å². The van der Waals surface area contributed by atoms with E-state index in [4.69, 9.17) is 0 Å². The predicted octanol–water partition coefficient (Wildman–Crippen LogP) is 7.86. The average Bonchev–Trinajstić information content (AvgIpc) is 3.20. The van der Waals surface area contributed by atoms with Crippen LogP contribution < -0.4 is 10.5 Å². The van der Waals surface area contributed by atoms with Gasteiger partial charge in [-0.15, -0.1) is 0 Å². The Morgan fingerprint density at radius 3 is 2.05 bits per heavy atom. The number of carbonyl (C=O) groups excluding carboxylic acids is 2. The second kappa shape index (κ2) is 9.73. The minimum Gasteiger partial charge on any atom is -0.408 e. The summed E-state index contributed by atoms with van der Waals surface area (Å²) in [5, 5.41) is 6.63. The van der Waals surface area contributed by atoms with Crippen LogP contribution in [0.2, 0.25) is 26.2 Å². The number of hydrogen-bond donors (Lipinski definition) is 2. The average molecular weight is 531 g/mol. The van der Waals surface area contributed by atoms with Crippen molar-refractivity contribution in [2.24, 2.45) is 5.92 Å². The molecule has 1 aliphatic heterocycles. The van der Waals surface area contributed by atoms with Crippen LogP contribution in [0.25, 0.3) is 17.2 Å². The van der Waals surface area contributed by atoms with Gasteiger partial charge in [0.1, 0.15) is 15.9 Å². The fraction of sp³-hybridized carbons (Fsp3) is 0.467. The molecule has 2 aromatic carbocycles. The van der Waals surface area contributed by atoms with Crippen molar-refractivity contribution in [3.05, 3.63) is 64.2 Å². The first kappa shape index (κ1) is 27.6. The molecule has 0 saturated carbocycles. The molecule has 0 spiro atoms. The van der Waals surface area contributed by atoms with Crippen LogP contribution >= 0.6 is 0 Å². The van der Waals surface area contributed by atoms with Crippen molar-refractivity contribution in [1.82, 2.24) is 10.5 Å². The second-order valence-electron chi connectivity index (χ2n) is 13.1. The Bertz CT molecular complexity index is 1250. The van der Waals surface area contributed by atoms with E-state index in [0.29, 0.717) is 17.8 Å². The van der Waals surface area contributed by atoms with Crippen LogP contribution in [-0.4, -0.2) is 33.0 Å². The van der Waals surface area contributed by atoms with E-state index in [0.717, 1.165) is 0 Å². The Balaban J connectivity index is 1.78. The maximum Gasteiger partial charge on any atom is 0.254 e. The van der Waals surface area contributed by atoms with Gasteiger partial charge in [-0.25, -0.2) is 0 Å². The lowest BCUT2D eigenvalue weighted by atomic mass is 9.86. The minimum absolute atomic E-state index is 0.0615. The minimum atomic E-state index is -2.45. The molecule has 4 nitrogen and oxygen atoms in total. The Kier molecular flexibility index (Phi) is 7.27. The van der Waals surface area contributed by atoms with Gasteiger partial charge in [0.05, 0.1) is 6.04 Å². The molecule has 4 rings (SSSR count). The lowest BCUT2D eigenvalue weighted by Crippen LogP contribution is -2.87. The lowest BCUT2D eigenvalue weighted by Gasteiger charge is -2.46. The van der Waals surface area contributed by atoms with Gasteiger partial charge in [0.2, 0.25) is 0 Å². The van der Waals surface area contributed by atoms with E-state index in [1.54, 1.807) is 0 Å². The molecule has 2 amide bonds. The second-order valence-corrected chi connectivity index (χ2v) is 22.6. The Morgan fingerprint density at radius 2 is 1.57 bits per heavy atom. The van der Waals surface area contributed by atoms with Gasteiger partial charge in [-0.05, 0) is 56.7 Å². The molecule has 196 valence electrons. The zero-order valence-corrected chi connectivity index (χ0v) is 26.2. The van der Waals surface area contributed by atoms with Crippen molar-refractivity contribution in [3.8, 4) is 11.1 Å². The summed E-state index contributed by atoms with van der Waals surface area (Å²) in [4.78, 5) is 26.2. The van der Waals surface area contributed by atoms with Gasteiger partial charge in [-0.2, -0.15) is 0 Å². The van der Waals surface area contributed by atoms with Gasteiger partial charge in [0.25, 0.3) is 6.03 Å². The predicted molar refractivity (Wildman–Crippen MR) is 163 cm³/mol. The Hall–Kier alpha value is -2.38. The number of fused-ring (bicyclic) bond motifs is 1. The highest BCUT2D eigenvalue weighted by atomic mass is 28.4. The SMILES string of the molecule is CC(C)C1=Cc2cccc(-c3cc(C(C)C)cc(C(C)C)c3)c2C1NC(=O)[Si](C)(C)B1NC(=O)[Si]1(C)C. The molecule has 7 heteroatoms. The molecule has 2 aliphatic rings. The van der Waals surface area contributed by atoms with Crippen molar-refractivity contribution in [2.75, 3.05) is 0 Å². The molecule has 0 aromatic heterocycles. The quantitative estimate of drug-likeness (QED) is 0.358. The molecule has 1 saturated heterocycles. The van der Waals surface area contributed by atoms with E-state index in [2.05, 4.69) is 121 Å². The molecule has 0 bridgehead atoms. The summed E-state index contributed by atoms with van der Waals surface area (Å²) < 4.78 is 0. The maximum absolute atomic E-state index is 14.0. The van der Waals surface area contributed by atoms with Crippen molar-refractivity contribution < 1.29 is 9.59 Å². The molecule has 1 fully saturated rings. The molecule has 1 atom stereocenters.